The van der Waals surface area contributed by atoms with Gasteiger partial charge in [-0.15, -0.1) is 0 Å². The van der Waals surface area contributed by atoms with E-state index in [0.29, 0.717) is 5.56 Å². The number of non-ortho nitro benzene ring substituents is 1. The maximum Gasteiger partial charge on any atom is 0.336 e. The van der Waals surface area contributed by atoms with Gasteiger partial charge in [0.25, 0.3) is 5.69 Å². The molecule has 6 heteroatoms. The van der Waals surface area contributed by atoms with E-state index in [9.17, 15) is 20.0 Å². The lowest BCUT2D eigenvalue weighted by molar-refractivity contribution is -0.384. The van der Waals surface area contributed by atoms with Crippen LogP contribution in [-0.2, 0) is 16.1 Å². The summed E-state index contributed by atoms with van der Waals surface area (Å²) < 4.78 is 5.29. The van der Waals surface area contributed by atoms with E-state index in [2.05, 4.69) is 43.0 Å². The number of nitro groups is 1. The van der Waals surface area contributed by atoms with E-state index < -0.39 is 17.0 Å². The van der Waals surface area contributed by atoms with Gasteiger partial charge in [-0.25, -0.2) is 4.79 Å². The fraction of sp³-hybridized carbons (Fsp3) is 0.0645. The lowest BCUT2D eigenvalue weighted by atomic mass is 10.0. The molecule has 0 saturated carbocycles. The Morgan fingerprint density at radius 2 is 1.38 bits per heavy atom. The molecule has 0 saturated heterocycles. The molecular formula is C31H25NO5. The van der Waals surface area contributed by atoms with Gasteiger partial charge < -0.3 is 9.84 Å². The van der Waals surface area contributed by atoms with Gasteiger partial charge in [0.05, 0.1) is 10.5 Å². The summed E-state index contributed by atoms with van der Waals surface area (Å²) in [4.78, 5) is 22.6. The highest BCUT2D eigenvalue weighted by atomic mass is 16.6. The molecule has 37 heavy (non-hydrogen) atoms. The number of hydrogen-bond acceptors (Lipinski definition) is 5. The molecule has 4 rings (SSSR count). The van der Waals surface area contributed by atoms with Crippen molar-refractivity contribution in [1.29, 1.82) is 0 Å². The Kier molecular flexibility index (Phi) is 8.03. The summed E-state index contributed by atoms with van der Waals surface area (Å²) in [6.07, 6.45) is 2.73. The largest absolute Gasteiger partial charge is 0.457 e. The fourth-order valence-corrected chi connectivity index (χ4v) is 3.67. The van der Waals surface area contributed by atoms with Crippen molar-refractivity contribution < 1.29 is 19.6 Å². The monoisotopic (exact) mass is 491 g/mol. The highest BCUT2D eigenvalue weighted by molar-refractivity contribution is 5.89. The van der Waals surface area contributed by atoms with Crippen LogP contribution in [0.1, 0.15) is 28.4 Å². The number of aliphatic hydroxyl groups excluding tert-OH is 1. The fourth-order valence-electron chi connectivity index (χ4n) is 3.67. The molecule has 1 N–H and O–H groups in total. The van der Waals surface area contributed by atoms with Crippen LogP contribution in [0, 0.1) is 10.1 Å². The Balaban J connectivity index is 1.29. The Morgan fingerprint density at radius 1 is 0.838 bits per heavy atom. The third kappa shape index (κ3) is 6.66. The number of aliphatic hydroxyl groups is 1. The average molecular weight is 492 g/mol. The number of rotatable bonds is 9. The molecule has 0 aromatic heterocycles. The molecule has 6 nitrogen and oxygen atoms in total. The summed E-state index contributed by atoms with van der Waals surface area (Å²) in [5.74, 6) is -0.742. The number of ether oxygens (including phenoxy) is 1. The zero-order chi connectivity index (χ0) is 26.2. The predicted molar refractivity (Wildman–Crippen MR) is 144 cm³/mol. The van der Waals surface area contributed by atoms with Gasteiger partial charge >= 0.3 is 5.97 Å². The van der Waals surface area contributed by atoms with Gasteiger partial charge in [0.2, 0.25) is 0 Å². The van der Waals surface area contributed by atoms with Gasteiger partial charge in [0.15, 0.2) is 0 Å². The minimum atomic E-state index is -1.32. The average Bonchev–Trinajstić information content (AvgIpc) is 2.95. The number of nitro benzene ring substituents is 1. The van der Waals surface area contributed by atoms with Crippen molar-refractivity contribution in [3.63, 3.8) is 0 Å². The molecule has 0 fully saturated rings. The normalized spacial score (nSPS) is 11.7. The minimum absolute atomic E-state index is 0.0236. The van der Waals surface area contributed by atoms with Crippen LogP contribution in [0.5, 0.6) is 0 Å². The number of hydrogen-bond donors (Lipinski definition) is 1. The van der Waals surface area contributed by atoms with Crippen molar-refractivity contribution in [3.8, 4) is 11.1 Å². The molecule has 4 aromatic carbocycles. The lowest BCUT2D eigenvalue weighted by Gasteiger charge is -2.13. The summed E-state index contributed by atoms with van der Waals surface area (Å²) in [5.41, 5.74) is 5.28. The minimum Gasteiger partial charge on any atom is -0.457 e. The number of nitrogens with zero attached hydrogens (tertiary/aromatic N) is 1. The standard InChI is InChI=1S/C31H25NO5/c1-22(30(33)28-17-19-29(20-18-28)32(35)36)31(34)37-21-25-11-9-23(10-12-25)7-8-24-13-15-27(16-14-24)26-5-3-2-4-6-26/h2-20,30,33H,1,21H2/b8-7+. The second kappa shape index (κ2) is 11.7. The van der Waals surface area contributed by atoms with E-state index in [1.807, 2.05) is 54.6 Å². The summed E-state index contributed by atoms with van der Waals surface area (Å²) >= 11 is 0. The van der Waals surface area contributed by atoms with Crippen LogP contribution in [0.25, 0.3) is 23.3 Å². The molecule has 0 amide bonds. The number of carbonyl (C=O) groups is 1. The summed E-state index contributed by atoms with van der Waals surface area (Å²) in [5, 5.41) is 21.1. The van der Waals surface area contributed by atoms with Crippen LogP contribution in [-0.4, -0.2) is 16.0 Å². The van der Waals surface area contributed by atoms with Crippen molar-refractivity contribution in [2.75, 3.05) is 0 Å². The third-order valence-electron chi connectivity index (χ3n) is 5.85. The maximum atomic E-state index is 12.3. The van der Waals surface area contributed by atoms with E-state index >= 15 is 0 Å². The molecule has 0 radical (unpaired) electrons. The number of benzene rings is 4. The second-order valence-electron chi connectivity index (χ2n) is 8.42. The topological polar surface area (TPSA) is 89.7 Å². The summed E-state index contributed by atoms with van der Waals surface area (Å²) in [6, 6.07) is 31.4. The van der Waals surface area contributed by atoms with Gasteiger partial charge in [0.1, 0.15) is 12.7 Å². The molecule has 0 bridgehead atoms. The van der Waals surface area contributed by atoms with Crippen LogP contribution < -0.4 is 0 Å². The molecule has 1 atom stereocenters. The number of carbonyl (C=O) groups excluding carboxylic acids is 1. The molecule has 184 valence electrons. The molecule has 0 aliphatic rings. The van der Waals surface area contributed by atoms with Crippen molar-refractivity contribution in [2.45, 2.75) is 12.7 Å². The van der Waals surface area contributed by atoms with Crippen LogP contribution in [0.4, 0.5) is 5.69 Å². The highest BCUT2D eigenvalue weighted by Gasteiger charge is 2.20. The Morgan fingerprint density at radius 3 is 1.95 bits per heavy atom. The van der Waals surface area contributed by atoms with Crippen molar-refractivity contribution in [2.24, 2.45) is 0 Å². The van der Waals surface area contributed by atoms with Gasteiger partial charge in [-0.1, -0.05) is 97.6 Å². The SMILES string of the molecule is C=C(C(=O)OCc1ccc(/C=C/c2ccc(-c3ccccc3)cc2)cc1)C(O)c1ccc([N+](=O)[O-])cc1. The first-order valence-corrected chi connectivity index (χ1v) is 11.6. The molecule has 0 aliphatic heterocycles. The molecule has 0 heterocycles. The number of esters is 1. The van der Waals surface area contributed by atoms with E-state index in [1.54, 1.807) is 0 Å². The lowest BCUT2D eigenvalue weighted by Crippen LogP contribution is -2.13. The molecule has 0 aliphatic carbocycles. The Hall–Kier alpha value is -4.81. The van der Waals surface area contributed by atoms with E-state index in [4.69, 9.17) is 4.74 Å². The zero-order valence-corrected chi connectivity index (χ0v) is 20.0. The quantitative estimate of drug-likeness (QED) is 0.0918. The van der Waals surface area contributed by atoms with Crippen LogP contribution >= 0.6 is 0 Å². The molecular weight excluding hydrogens is 466 g/mol. The van der Waals surface area contributed by atoms with Gasteiger partial charge in [0, 0.05) is 12.1 Å². The van der Waals surface area contributed by atoms with Gasteiger partial charge in [-0.05, 0) is 45.5 Å². The zero-order valence-electron chi connectivity index (χ0n) is 20.0. The van der Waals surface area contributed by atoms with Crippen molar-refractivity contribution in [1.82, 2.24) is 0 Å². The maximum absolute atomic E-state index is 12.3. The smallest absolute Gasteiger partial charge is 0.336 e. The first-order valence-electron chi connectivity index (χ1n) is 11.6. The Labute approximate surface area is 215 Å². The van der Waals surface area contributed by atoms with E-state index in [-0.39, 0.29) is 17.9 Å². The highest BCUT2D eigenvalue weighted by Crippen LogP contribution is 2.24. The second-order valence-corrected chi connectivity index (χ2v) is 8.42. The van der Waals surface area contributed by atoms with Crippen LogP contribution in [0.3, 0.4) is 0 Å². The van der Waals surface area contributed by atoms with E-state index in [0.717, 1.165) is 16.7 Å². The van der Waals surface area contributed by atoms with Crippen molar-refractivity contribution >= 4 is 23.8 Å². The summed E-state index contributed by atoms with van der Waals surface area (Å²) in [7, 11) is 0. The molecule has 0 spiro atoms. The summed E-state index contributed by atoms with van der Waals surface area (Å²) in [6.45, 7) is 3.65. The first kappa shape index (κ1) is 25.3. The van der Waals surface area contributed by atoms with Gasteiger partial charge in [-0.3, -0.25) is 10.1 Å². The van der Waals surface area contributed by atoms with Crippen LogP contribution in [0.2, 0.25) is 0 Å². The van der Waals surface area contributed by atoms with Crippen LogP contribution in [0.15, 0.2) is 115 Å². The van der Waals surface area contributed by atoms with Gasteiger partial charge in [-0.2, -0.15) is 0 Å². The Bertz CT molecular complexity index is 1410. The first-order chi connectivity index (χ1) is 17.9. The molecule has 1 unspecified atom stereocenters. The van der Waals surface area contributed by atoms with E-state index in [1.165, 1.54) is 35.4 Å². The van der Waals surface area contributed by atoms with Crippen molar-refractivity contribution in [3.05, 3.63) is 148 Å². The molecule has 4 aromatic rings. The third-order valence-corrected chi connectivity index (χ3v) is 5.85. The predicted octanol–water partition coefficient (Wildman–Crippen LogP) is 6.77.